The molecule has 0 spiro atoms. The molecule has 1 aromatic carbocycles. The first kappa shape index (κ1) is 22.9. The van der Waals surface area contributed by atoms with Gasteiger partial charge in [0.1, 0.15) is 5.15 Å². The maximum absolute atomic E-state index is 13.8. The second-order valence-electron chi connectivity index (χ2n) is 8.16. The zero-order chi connectivity index (χ0) is 24.0. The Labute approximate surface area is 192 Å². The normalized spacial score (nSPS) is 19.2. The van der Waals surface area contributed by atoms with Crippen molar-refractivity contribution in [2.24, 2.45) is 7.05 Å². The van der Waals surface area contributed by atoms with Crippen LogP contribution in [0.15, 0.2) is 29.1 Å². The van der Waals surface area contributed by atoms with E-state index >= 15 is 0 Å². The number of halogens is 3. The summed E-state index contributed by atoms with van der Waals surface area (Å²) in [4.78, 5) is 34.6. The summed E-state index contributed by atoms with van der Waals surface area (Å²) in [6, 6.07) is 6.04. The van der Waals surface area contributed by atoms with Crippen LogP contribution in [0.5, 0.6) is 0 Å². The number of nitrogens with zero attached hydrogens (tertiary/aromatic N) is 4. The van der Waals surface area contributed by atoms with Crippen molar-refractivity contribution >= 4 is 40.1 Å². The molecule has 8 nitrogen and oxygen atoms in total. The van der Waals surface area contributed by atoms with Gasteiger partial charge < -0.3 is 15.3 Å². The summed E-state index contributed by atoms with van der Waals surface area (Å²) in [5, 5.41) is 13.0. The van der Waals surface area contributed by atoms with Gasteiger partial charge in [-0.05, 0) is 37.6 Å². The fraction of sp³-hybridized carbons (Fsp3) is 0.364. The Morgan fingerprint density at radius 1 is 1.24 bits per heavy atom. The van der Waals surface area contributed by atoms with Gasteiger partial charge in [-0.3, -0.25) is 9.36 Å². The molecule has 0 bridgehead atoms. The Morgan fingerprint density at radius 3 is 2.55 bits per heavy atom. The van der Waals surface area contributed by atoms with Gasteiger partial charge >= 0.3 is 5.97 Å². The van der Waals surface area contributed by atoms with Crippen LogP contribution in [-0.4, -0.2) is 51.0 Å². The minimum absolute atomic E-state index is 0.0457. The van der Waals surface area contributed by atoms with Crippen molar-refractivity contribution in [1.29, 1.82) is 0 Å². The maximum Gasteiger partial charge on any atom is 0.356 e. The summed E-state index contributed by atoms with van der Waals surface area (Å²) in [5.41, 5.74) is 1.47. The highest BCUT2D eigenvalue weighted by atomic mass is 35.5. The molecule has 33 heavy (non-hydrogen) atoms. The third kappa shape index (κ3) is 4.22. The van der Waals surface area contributed by atoms with Crippen LogP contribution in [0.3, 0.4) is 0 Å². The fourth-order valence-electron chi connectivity index (χ4n) is 4.07. The van der Waals surface area contributed by atoms with Crippen LogP contribution in [0, 0.1) is 6.92 Å². The second kappa shape index (κ2) is 8.58. The molecule has 1 aliphatic rings. The van der Waals surface area contributed by atoms with Crippen molar-refractivity contribution < 1.29 is 18.7 Å². The molecule has 0 aliphatic carbocycles. The highest BCUT2D eigenvalue weighted by molar-refractivity contribution is 6.29. The summed E-state index contributed by atoms with van der Waals surface area (Å²) >= 11 is 5.84. The molecule has 3 aromatic rings. The van der Waals surface area contributed by atoms with E-state index in [0.29, 0.717) is 16.5 Å². The molecule has 174 valence electrons. The molecule has 3 heterocycles. The van der Waals surface area contributed by atoms with Crippen molar-refractivity contribution in [2.75, 3.05) is 23.3 Å². The SMILES string of the molecule is Cc1cc([C@@H](C)Nc2ccc(Cl)nc2C(=O)O)c2nc(N3C[C@@H](F)[C@@H](F)C3)n(C)c(=O)c2c1. The number of hydrogen-bond acceptors (Lipinski definition) is 6. The second-order valence-corrected chi connectivity index (χ2v) is 8.55. The molecule has 11 heteroatoms. The number of carboxylic acid groups (broad SMARTS) is 1. The minimum atomic E-state index is -1.65. The van der Waals surface area contributed by atoms with E-state index in [1.807, 2.05) is 13.0 Å². The number of alkyl halides is 2. The molecule has 1 aliphatic heterocycles. The van der Waals surface area contributed by atoms with Crippen LogP contribution < -0.4 is 15.8 Å². The standard InChI is InChI=1S/C22H22ClF2N5O3/c1-10-6-12(11(2)26-16-4-5-17(23)27-19(16)21(32)33)18-13(7-10)20(31)29(3)22(28-18)30-8-14(24)15(25)9-30/h4-7,11,14-15,26H,8-9H2,1-3H3,(H,32,33)/t11-,14-,15+/m1/s1. The van der Waals surface area contributed by atoms with E-state index in [0.717, 1.165) is 5.56 Å². The van der Waals surface area contributed by atoms with Crippen molar-refractivity contribution in [2.45, 2.75) is 32.2 Å². The van der Waals surface area contributed by atoms with Crippen LogP contribution >= 0.6 is 11.6 Å². The molecule has 1 saturated heterocycles. The van der Waals surface area contributed by atoms with Crippen molar-refractivity contribution in [3.05, 3.63) is 56.6 Å². The van der Waals surface area contributed by atoms with Crippen LogP contribution in [0.2, 0.25) is 5.15 Å². The lowest BCUT2D eigenvalue weighted by Gasteiger charge is -2.22. The Kier molecular flexibility index (Phi) is 5.96. The average Bonchev–Trinajstić information content (AvgIpc) is 3.09. The maximum atomic E-state index is 13.8. The van der Waals surface area contributed by atoms with E-state index in [9.17, 15) is 23.5 Å². The van der Waals surface area contributed by atoms with E-state index in [4.69, 9.17) is 11.6 Å². The number of aryl methyl sites for hydroxylation is 1. The highest BCUT2D eigenvalue weighted by Gasteiger charge is 2.35. The third-order valence-corrected chi connectivity index (χ3v) is 5.91. The largest absolute Gasteiger partial charge is 0.476 e. The number of carboxylic acids is 1. The van der Waals surface area contributed by atoms with Gasteiger partial charge in [-0.25, -0.2) is 23.5 Å². The fourth-order valence-corrected chi connectivity index (χ4v) is 4.22. The summed E-state index contributed by atoms with van der Waals surface area (Å²) < 4.78 is 28.9. The van der Waals surface area contributed by atoms with Crippen molar-refractivity contribution in [3.63, 3.8) is 0 Å². The van der Waals surface area contributed by atoms with E-state index in [1.54, 1.807) is 13.0 Å². The van der Waals surface area contributed by atoms with E-state index in [1.165, 1.54) is 28.6 Å². The third-order valence-electron chi connectivity index (χ3n) is 5.70. The van der Waals surface area contributed by atoms with E-state index < -0.39 is 24.4 Å². The number of nitrogens with one attached hydrogen (secondary N) is 1. The number of benzene rings is 1. The first-order valence-corrected chi connectivity index (χ1v) is 10.7. The summed E-state index contributed by atoms with van der Waals surface area (Å²) in [6.45, 7) is 3.23. The quantitative estimate of drug-likeness (QED) is 0.541. The lowest BCUT2D eigenvalue weighted by Crippen LogP contribution is -2.31. The van der Waals surface area contributed by atoms with Gasteiger partial charge in [0.05, 0.1) is 35.7 Å². The van der Waals surface area contributed by atoms with Gasteiger partial charge in [-0.15, -0.1) is 0 Å². The van der Waals surface area contributed by atoms with Crippen LogP contribution in [0.1, 0.15) is 34.6 Å². The molecule has 2 N–H and O–H groups in total. The number of carbonyl (C=O) groups is 1. The lowest BCUT2D eigenvalue weighted by atomic mass is 10.0. The number of fused-ring (bicyclic) bond motifs is 1. The zero-order valence-corrected chi connectivity index (χ0v) is 18.9. The number of anilines is 2. The molecule has 2 aromatic heterocycles. The van der Waals surface area contributed by atoms with Crippen LogP contribution in [0.4, 0.5) is 20.4 Å². The minimum Gasteiger partial charge on any atom is -0.476 e. The number of hydrogen-bond donors (Lipinski definition) is 2. The Hall–Kier alpha value is -3.27. The molecular weight excluding hydrogens is 456 g/mol. The average molecular weight is 478 g/mol. The molecule has 0 unspecified atom stereocenters. The summed E-state index contributed by atoms with van der Waals surface area (Å²) in [5.74, 6) is -1.07. The first-order chi connectivity index (χ1) is 15.6. The Morgan fingerprint density at radius 2 is 1.91 bits per heavy atom. The summed E-state index contributed by atoms with van der Waals surface area (Å²) in [7, 11) is 1.52. The molecule has 0 saturated carbocycles. The monoisotopic (exact) mass is 477 g/mol. The first-order valence-electron chi connectivity index (χ1n) is 10.3. The van der Waals surface area contributed by atoms with Crippen molar-refractivity contribution in [3.8, 4) is 0 Å². The smallest absolute Gasteiger partial charge is 0.356 e. The van der Waals surface area contributed by atoms with Gasteiger partial charge in [0.15, 0.2) is 18.0 Å². The van der Waals surface area contributed by atoms with Gasteiger partial charge in [0, 0.05) is 12.6 Å². The molecule has 4 rings (SSSR count). The molecule has 1 fully saturated rings. The zero-order valence-electron chi connectivity index (χ0n) is 18.1. The lowest BCUT2D eigenvalue weighted by molar-refractivity contribution is 0.0691. The molecular formula is C22H22ClF2N5O3. The topological polar surface area (TPSA) is 100 Å². The van der Waals surface area contributed by atoms with E-state index in [-0.39, 0.29) is 41.1 Å². The van der Waals surface area contributed by atoms with Gasteiger partial charge in [0.25, 0.3) is 5.56 Å². The van der Waals surface area contributed by atoms with Crippen LogP contribution in [0.25, 0.3) is 10.9 Å². The van der Waals surface area contributed by atoms with Crippen molar-refractivity contribution in [1.82, 2.24) is 14.5 Å². The molecule has 3 atom stereocenters. The van der Waals surface area contributed by atoms with Crippen LogP contribution in [-0.2, 0) is 7.05 Å². The predicted molar refractivity (Wildman–Crippen MR) is 122 cm³/mol. The number of aromatic carboxylic acids is 1. The molecule has 0 radical (unpaired) electrons. The Balaban J connectivity index is 1.82. The number of aromatic nitrogens is 3. The number of rotatable bonds is 5. The molecule has 0 amide bonds. The van der Waals surface area contributed by atoms with Gasteiger partial charge in [-0.2, -0.15) is 0 Å². The number of pyridine rings is 1. The predicted octanol–water partition coefficient (Wildman–Crippen LogP) is 3.66. The Bertz CT molecular complexity index is 1310. The summed E-state index contributed by atoms with van der Waals surface area (Å²) in [6.07, 6.45) is -3.30. The van der Waals surface area contributed by atoms with Gasteiger partial charge in [0.2, 0.25) is 5.95 Å². The van der Waals surface area contributed by atoms with E-state index in [2.05, 4.69) is 15.3 Å². The highest BCUT2D eigenvalue weighted by Crippen LogP contribution is 2.30. The van der Waals surface area contributed by atoms with Gasteiger partial charge in [-0.1, -0.05) is 17.7 Å².